The Bertz CT molecular complexity index is 1430. The number of esters is 1. The molecule has 0 radical (unpaired) electrons. The number of hydrogen-bond donors (Lipinski definition) is 0. The third-order valence-corrected chi connectivity index (χ3v) is 5.67. The van der Waals surface area contributed by atoms with E-state index in [0.29, 0.717) is 47.9 Å². The van der Waals surface area contributed by atoms with E-state index < -0.39 is 5.97 Å². The summed E-state index contributed by atoms with van der Waals surface area (Å²) in [7, 11) is 0. The molecule has 0 amide bonds. The van der Waals surface area contributed by atoms with Crippen LogP contribution in [0.5, 0.6) is 17.2 Å². The number of ether oxygens (including phenoxy) is 3. The van der Waals surface area contributed by atoms with Crippen molar-refractivity contribution in [2.45, 2.75) is 20.0 Å². The Balaban J connectivity index is 1.38. The highest BCUT2D eigenvalue weighted by Crippen LogP contribution is 2.33. The predicted molar refractivity (Wildman–Crippen MR) is 126 cm³/mol. The molecule has 0 N–H and O–H groups in total. The van der Waals surface area contributed by atoms with Gasteiger partial charge in [0.15, 0.2) is 0 Å². The van der Waals surface area contributed by atoms with E-state index in [1.54, 1.807) is 55.5 Å². The number of rotatable bonds is 6. The van der Waals surface area contributed by atoms with Gasteiger partial charge in [0.25, 0.3) is 0 Å². The zero-order valence-electron chi connectivity index (χ0n) is 19.0. The van der Waals surface area contributed by atoms with Crippen molar-refractivity contribution in [3.05, 3.63) is 99.7 Å². The Hall–Kier alpha value is -4.17. The molecule has 0 saturated heterocycles. The number of fused-ring (bicyclic) bond motifs is 3. The summed E-state index contributed by atoms with van der Waals surface area (Å²) in [4.78, 5) is 27.0. The highest BCUT2D eigenvalue weighted by molar-refractivity contribution is 5.89. The van der Waals surface area contributed by atoms with Crippen molar-refractivity contribution < 1.29 is 27.8 Å². The topological polar surface area (TPSA) is 78.2 Å². The molecule has 178 valence electrons. The van der Waals surface area contributed by atoms with Crippen molar-refractivity contribution in [3.8, 4) is 17.2 Å². The fourth-order valence-corrected chi connectivity index (χ4v) is 3.96. The van der Waals surface area contributed by atoms with Gasteiger partial charge in [-0.15, -0.1) is 0 Å². The summed E-state index contributed by atoms with van der Waals surface area (Å²) in [6.07, 6.45) is 1.28. The standard InChI is InChI=1S/C27H22FNO6/c1-2-32-27(31)18-5-9-20(10-6-18)35-24-15-33-26-21(25(24)30)11-12-23-22(26)14-29(16-34-23)13-17-3-7-19(28)8-4-17/h3-12,15H,2,13-14,16H2,1H3. The minimum absolute atomic E-state index is 0.0289. The van der Waals surface area contributed by atoms with Crippen molar-refractivity contribution in [2.75, 3.05) is 13.3 Å². The molecule has 0 bridgehead atoms. The summed E-state index contributed by atoms with van der Waals surface area (Å²) in [5.74, 6) is 0.358. The van der Waals surface area contributed by atoms with Crippen LogP contribution in [-0.4, -0.2) is 24.2 Å². The van der Waals surface area contributed by atoms with Gasteiger partial charge in [-0.05, 0) is 61.0 Å². The maximum atomic E-state index is 13.2. The molecule has 1 aromatic heterocycles. The number of nitrogens with zero attached hydrogens (tertiary/aromatic N) is 1. The third-order valence-electron chi connectivity index (χ3n) is 5.67. The van der Waals surface area contributed by atoms with Gasteiger partial charge in [-0.25, -0.2) is 9.18 Å². The van der Waals surface area contributed by atoms with Gasteiger partial charge in [-0.1, -0.05) is 12.1 Å². The molecule has 3 aromatic carbocycles. The van der Waals surface area contributed by atoms with Crippen LogP contribution in [0.4, 0.5) is 4.39 Å². The summed E-state index contributed by atoms with van der Waals surface area (Å²) in [5, 5.41) is 0.372. The number of halogens is 1. The normalized spacial score (nSPS) is 13.2. The van der Waals surface area contributed by atoms with Gasteiger partial charge in [-0.2, -0.15) is 0 Å². The first-order chi connectivity index (χ1) is 17.0. The van der Waals surface area contributed by atoms with Crippen molar-refractivity contribution in [1.29, 1.82) is 0 Å². The molecule has 1 aliphatic rings. The van der Waals surface area contributed by atoms with E-state index in [9.17, 15) is 14.0 Å². The second kappa shape index (κ2) is 9.60. The zero-order valence-corrected chi connectivity index (χ0v) is 19.0. The average molecular weight is 475 g/mol. The summed E-state index contributed by atoms with van der Waals surface area (Å²) >= 11 is 0. The lowest BCUT2D eigenvalue weighted by atomic mass is 10.1. The number of benzene rings is 3. The van der Waals surface area contributed by atoms with E-state index in [1.165, 1.54) is 18.4 Å². The van der Waals surface area contributed by atoms with Crippen LogP contribution in [0.1, 0.15) is 28.4 Å². The largest absolute Gasteiger partial charge is 0.478 e. The predicted octanol–water partition coefficient (Wildman–Crippen LogP) is 5.25. The van der Waals surface area contributed by atoms with Gasteiger partial charge in [0.1, 0.15) is 35.9 Å². The molecule has 1 aliphatic heterocycles. The molecule has 5 rings (SSSR count). The van der Waals surface area contributed by atoms with Crippen molar-refractivity contribution in [3.63, 3.8) is 0 Å². The first-order valence-corrected chi connectivity index (χ1v) is 11.1. The van der Waals surface area contributed by atoms with E-state index in [0.717, 1.165) is 11.1 Å². The van der Waals surface area contributed by atoms with E-state index in [2.05, 4.69) is 0 Å². The molecule has 35 heavy (non-hydrogen) atoms. The van der Waals surface area contributed by atoms with Crippen LogP contribution in [0.25, 0.3) is 11.0 Å². The molecule has 8 heteroatoms. The molecule has 0 saturated carbocycles. The first-order valence-electron chi connectivity index (χ1n) is 11.1. The lowest BCUT2D eigenvalue weighted by Gasteiger charge is -2.29. The van der Waals surface area contributed by atoms with E-state index >= 15 is 0 Å². The second-order valence-corrected chi connectivity index (χ2v) is 8.08. The Morgan fingerprint density at radius 3 is 2.57 bits per heavy atom. The highest BCUT2D eigenvalue weighted by atomic mass is 19.1. The summed E-state index contributed by atoms with van der Waals surface area (Å²) in [5.41, 5.74) is 2.21. The number of carbonyl (C=O) groups is 1. The van der Waals surface area contributed by atoms with Crippen LogP contribution < -0.4 is 14.9 Å². The smallest absolute Gasteiger partial charge is 0.338 e. The molecule has 0 fully saturated rings. The van der Waals surface area contributed by atoms with Crippen molar-refractivity contribution in [1.82, 2.24) is 4.90 Å². The minimum Gasteiger partial charge on any atom is -0.478 e. The van der Waals surface area contributed by atoms with Crippen LogP contribution in [0, 0.1) is 5.82 Å². The quantitative estimate of drug-likeness (QED) is 0.352. The fourth-order valence-electron chi connectivity index (χ4n) is 3.96. The molecule has 2 heterocycles. The zero-order chi connectivity index (χ0) is 24.4. The van der Waals surface area contributed by atoms with Gasteiger partial charge in [0, 0.05) is 13.1 Å². The second-order valence-electron chi connectivity index (χ2n) is 8.08. The van der Waals surface area contributed by atoms with E-state index in [1.807, 2.05) is 4.90 Å². The van der Waals surface area contributed by atoms with E-state index in [-0.39, 0.29) is 23.6 Å². The van der Waals surface area contributed by atoms with Crippen LogP contribution in [0.15, 0.2) is 76.1 Å². The molecule has 0 atom stereocenters. The Labute approximate surface area is 200 Å². The lowest BCUT2D eigenvalue weighted by molar-refractivity contribution is 0.0526. The Morgan fingerprint density at radius 1 is 1.06 bits per heavy atom. The SMILES string of the molecule is CCOC(=O)c1ccc(Oc2coc3c4c(ccc3c2=O)OCN(Cc2ccc(F)cc2)C4)cc1. The van der Waals surface area contributed by atoms with Gasteiger partial charge < -0.3 is 18.6 Å². The van der Waals surface area contributed by atoms with Gasteiger partial charge in [0.05, 0.1) is 23.1 Å². The molecular formula is C27H22FNO6. The molecule has 7 nitrogen and oxygen atoms in total. The third kappa shape index (κ3) is 4.74. The van der Waals surface area contributed by atoms with Crippen LogP contribution in [0.2, 0.25) is 0 Å². The van der Waals surface area contributed by atoms with Crippen molar-refractivity contribution >= 4 is 16.9 Å². The molecule has 0 aliphatic carbocycles. The van der Waals surface area contributed by atoms with Crippen LogP contribution in [-0.2, 0) is 17.8 Å². The Kier molecular flexibility index (Phi) is 6.20. The van der Waals surface area contributed by atoms with E-state index in [4.69, 9.17) is 18.6 Å². The molecule has 0 spiro atoms. The first kappa shape index (κ1) is 22.6. The van der Waals surface area contributed by atoms with Gasteiger partial charge >= 0.3 is 5.97 Å². The van der Waals surface area contributed by atoms with Gasteiger partial charge in [-0.3, -0.25) is 9.69 Å². The number of hydrogen-bond acceptors (Lipinski definition) is 7. The molecule has 4 aromatic rings. The molecular weight excluding hydrogens is 453 g/mol. The Morgan fingerprint density at radius 2 is 1.83 bits per heavy atom. The number of carbonyl (C=O) groups excluding carboxylic acids is 1. The minimum atomic E-state index is -0.426. The lowest BCUT2D eigenvalue weighted by Crippen LogP contribution is -2.31. The highest BCUT2D eigenvalue weighted by Gasteiger charge is 2.23. The fraction of sp³-hybridized carbons (Fsp3) is 0.185. The summed E-state index contributed by atoms with van der Waals surface area (Å²) in [6.45, 7) is 3.45. The summed E-state index contributed by atoms with van der Waals surface area (Å²) in [6, 6.07) is 16.0. The summed E-state index contributed by atoms with van der Waals surface area (Å²) < 4.78 is 35.6. The van der Waals surface area contributed by atoms with Crippen molar-refractivity contribution in [2.24, 2.45) is 0 Å². The van der Waals surface area contributed by atoms with Crippen LogP contribution in [0.3, 0.4) is 0 Å². The maximum Gasteiger partial charge on any atom is 0.338 e. The monoisotopic (exact) mass is 475 g/mol. The molecule has 0 unspecified atom stereocenters. The maximum absolute atomic E-state index is 13.2. The average Bonchev–Trinajstić information content (AvgIpc) is 2.87. The van der Waals surface area contributed by atoms with Crippen LogP contribution >= 0.6 is 0 Å². The van der Waals surface area contributed by atoms with Gasteiger partial charge in [0.2, 0.25) is 11.2 Å².